The lowest BCUT2D eigenvalue weighted by atomic mass is 10.0. The van der Waals surface area contributed by atoms with Crippen LogP contribution in [0.5, 0.6) is 0 Å². The van der Waals surface area contributed by atoms with E-state index in [0.29, 0.717) is 6.54 Å². The molecule has 1 aliphatic rings. The molecule has 9 nitrogen and oxygen atoms in total. The van der Waals surface area contributed by atoms with Gasteiger partial charge in [-0.1, -0.05) is 12.5 Å². The summed E-state index contributed by atoms with van der Waals surface area (Å²) in [5.41, 5.74) is 5.35. The Labute approximate surface area is 146 Å². The molecule has 0 spiro atoms. The van der Waals surface area contributed by atoms with Gasteiger partial charge in [0.05, 0.1) is 16.4 Å². The Hall–Kier alpha value is -2.04. The zero-order chi connectivity index (χ0) is 18.6. The van der Waals surface area contributed by atoms with Crippen molar-refractivity contribution in [2.45, 2.75) is 30.2 Å². The summed E-state index contributed by atoms with van der Waals surface area (Å²) in [7, 11) is -2.73. The molecule has 10 heteroatoms. The first-order valence-electron chi connectivity index (χ1n) is 7.96. The number of sulfonamides is 1. The molecule has 1 saturated carbocycles. The fraction of sp³-hybridized carbons (Fsp3) is 0.533. The van der Waals surface area contributed by atoms with Crippen LogP contribution in [0.25, 0.3) is 0 Å². The second kappa shape index (κ2) is 7.89. The molecule has 1 aromatic rings. The van der Waals surface area contributed by atoms with Gasteiger partial charge in [0.15, 0.2) is 0 Å². The maximum Gasteiger partial charge on any atom is 0.270 e. The van der Waals surface area contributed by atoms with Crippen LogP contribution < -0.4 is 11.1 Å². The molecule has 0 heterocycles. The van der Waals surface area contributed by atoms with Crippen molar-refractivity contribution in [1.82, 2.24) is 9.62 Å². The summed E-state index contributed by atoms with van der Waals surface area (Å²) in [5, 5.41) is 13.6. The van der Waals surface area contributed by atoms with Gasteiger partial charge >= 0.3 is 0 Å². The first kappa shape index (κ1) is 19.3. The van der Waals surface area contributed by atoms with Gasteiger partial charge < -0.3 is 11.1 Å². The minimum atomic E-state index is -4.00. The van der Waals surface area contributed by atoms with Crippen molar-refractivity contribution in [3.8, 4) is 0 Å². The van der Waals surface area contributed by atoms with Crippen molar-refractivity contribution in [1.29, 1.82) is 0 Å². The number of nitrogens with one attached hydrogen (secondary N) is 1. The van der Waals surface area contributed by atoms with Gasteiger partial charge in [0, 0.05) is 25.2 Å². The number of likely N-dealkylation sites (N-methyl/N-ethyl adjacent to an activating group) is 1. The summed E-state index contributed by atoms with van der Waals surface area (Å²) >= 11 is 0. The molecule has 0 aromatic heterocycles. The van der Waals surface area contributed by atoms with Crippen molar-refractivity contribution in [2.24, 2.45) is 11.7 Å². The number of nitrogens with zero attached hydrogens (tertiary/aromatic N) is 2. The standard InChI is InChI=1S/C15H22N4O5S/c1-18(10-15(20)17-14-7-2-4-11(14)9-16)25(23,24)13-6-3-5-12(8-13)19(21)22/h3,5-6,8,11,14H,2,4,7,9-10,16H2,1H3,(H,17,20). The van der Waals surface area contributed by atoms with Crippen LogP contribution in [0.2, 0.25) is 0 Å². The highest BCUT2D eigenvalue weighted by atomic mass is 32.2. The number of amides is 1. The van der Waals surface area contributed by atoms with Crippen LogP contribution in [-0.4, -0.2) is 49.7 Å². The minimum absolute atomic E-state index is 0.0357. The third-order valence-electron chi connectivity index (χ3n) is 4.41. The first-order chi connectivity index (χ1) is 11.8. The van der Waals surface area contributed by atoms with Crippen molar-refractivity contribution in [2.75, 3.05) is 20.1 Å². The Morgan fingerprint density at radius 3 is 2.80 bits per heavy atom. The highest BCUT2D eigenvalue weighted by molar-refractivity contribution is 7.89. The highest BCUT2D eigenvalue weighted by Gasteiger charge is 2.29. The molecule has 2 atom stereocenters. The number of hydrogen-bond donors (Lipinski definition) is 2. The number of rotatable bonds is 7. The summed E-state index contributed by atoms with van der Waals surface area (Å²) in [6.45, 7) is 0.117. The van der Waals surface area contributed by atoms with Gasteiger partial charge in [-0.3, -0.25) is 14.9 Å². The topological polar surface area (TPSA) is 136 Å². The van der Waals surface area contributed by atoms with Gasteiger partial charge in [0.1, 0.15) is 0 Å². The van der Waals surface area contributed by atoms with Gasteiger partial charge in [-0.2, -0.15) is 4.31 Å². The molecule has 25 heavy (non-hydrogen) atoms. The monoisotopic (exact) mass is 370 g/mol. The molecule has 0 bridgehead atoms. The number of nitro benzene ring substituents is 1. The third kappa shape index (κ3) is 4.53. The van der Waals surface area contributed by atoms with Crippen LogP contribution >= 0.6 is 0 Å². The zero-order valence-corrected chi connectivity index (χ0v) is 14.7. The van der Waals surface area contributed by atoms with Gasteiger partial charge in [0.2, 0.25) is 15.9 Å². The largest absolute Gasteiger partial charge is 0.352 e. The van der Waals surface area contributed by atoms with Crippen molar-refractivity contribution in [3.05, 3.63) is 34.4 Å². The van der Waals surface area contributed by atoms with E-state index in [1.165, 1.54) is 25.2 Å². The second-order valence-electron chi connectivity index (χ2n) is 6.12. The molecule has 138 valence electrons. The molecule has 3 N–H and O–H groups in total. The summed E-state index contributed by atoms with van der Waals surface area (Å²) in [6, 6.07) is 4.71. The summed E-state index contributed by atoms with van der Waals surface area (Å²) < 4.78 is 25.9. The fourth-order valence-corrected chi connectivity index (χ4v) is 4.15. The SMILES string of the molecule is CN(CC(=O)NC1CCCC1CN)S(=O)(=O)c1cccc([N+](=O)[O-])c1. The Morgan fingerprint density at radius 1 is 1.44 bits per heavy atom. The number of benzene rings is 1. The first-order valence-corrected chi connectivity index (χ1v) is 9.40. The molecular weight excluding hydrogens is 348 g/mol. The summed E-state index contributed by atoms with van der Waals surface area (Å²) in [5.74, 6) is -0.204. The van der Waals surface area contributed by atoms with E-state index in [9.17, 15) is 23.3 Å². The van der Waals surface area contributed by atoms with Gasteiger partial charge in [-0.05, 0) is 31.4 Å². The van der Waals surface area contributed by atoms with E-state index in [2.05, 4.69) is 5.32 Å². The predicted molar refractivity (Wildman–Crippen MR) is 91.2 cm³/mol. The number of non-ortho nitro benzene ring substituents is 1. The molecule has 2 rings (SSSR count). The van der Waals surface area contributed by atoms with Gasteiger partial charge in [-0.15, -0.1) is 0 Å². The van der Waals surface area contributed by atoms with Crippen molar-refractivity contribution >= 4 is 21.6 Å². The number of nitro groups is 1. The Balaban J connectivity index is 2.05. The third-order valence-corrected chi connectivity index (χ3v) is 6.21. The Morgan fingerprint density at radius 2 is 2.16 bits per heavy atom. The molecular formula is C15H22N4O5S. The van der Waals surface area contributed by atoms with Gasteiger partial charge in [0.25, 0.3) is 5.69 Å². The number of nitrogens with two attached hydrogens (primary N) is 1. The Bertz CT molecular complexity index is 752. The highest BCUT2D eigenvalue weighted by Crippen LogP contribution is 2.24. The number of hydrogen-bond acceptors (Lipinski definition) is 6. The summed E-state index contributed by atoms with van der Waals surface area (Å²) in [4.78, 5) is 22.1. The molecule has 1 aliphatic carbocycles. The van der Waals surface area contributed by atoms with E-state index >= 15 is 0 Å². The second-order valence-corrected chi connectivity index (χ2v) is 8.16. The van der Waals surface area contributed by atoms with Crippen LogP contribution in [0.15, 0.2) is 29.2 Å². The lowest BCUT2D eigenvalue weighted by Gasteiger charge is -2.22. The molecule has 1 fully saturated rings. The number of carbonyl (C=O) groups is 1. The fourth-order valence-electron chi connectivity index (χ4n) is 2.99. The van der Waals surface area contributed by atoms with E-state index in [-0.39, 0.29) is 29.1 Å². The van der Waals surface area contributed by atoms with Crippen LogP contribution in [0.1, 0.15) is 19.3 Å². The van der Waals surface area contributed by atoms with Gasteiger partial charge in [-0.25, -0.2) is 8.42 Å². The van der Waals surface area contributed by atoms with E-state index in [1.807, 2.05) is 0 Å². The molecule has 1 aromatic carbocycles. The van der Waals surface area contributed by atoms with Crippen LogP contribution in [0.3, 0.4) is 0 Å². The normalized spacial score (nSPS) is 20.6. The zero-order valence-electron chi connectivity index (χ0n) is 13.9. The average Bonchev–Trinajstić information content (AvgIpc) is 3.01. The Kier molecular flexibility index (Phi) is 6.09. The average molecular weight is 370 g/mol. The van der Waals surface area contributed by atoms with Crippen LogP contribution in [-0.2, 0) is 14.8 Å². The van der Waals surface area contributed by atoms with E-state index in [0.717, 1.165) is 29.6 Å². The van der Waals surface area contributed by atoms with E-state index in [4.69, 9.17) is 5.73 Å². The molecule has 1 amide bonds. The predicted octanol–water partition coefficient (Wildman–Crippen LogP) is 0.459. The van der Waals surface area contributed by atoms with Crippen molar-refractivity contribution in [3.63, 3.8) is 0 Å². The molecule has 0 radical (unpaired) electrons. The lowest BCUT2D eigenvalue weighted by molar-refractivity contribution is -0.385. The summed E-state index contributed by atoms with van der Waals surface area (Å²) in [6.07, 6.45) is 2.76. The quantitative estimate of drug-likeness (QED) is 0.528. The minimum Gasteiger partial charge on any atom is -0.352 e. The van der Waals surface area contributed by atoms with E-state index in [1.54, 1.807) is 0 Å². The van der Waals surface area contributed by atoms with E-state index < -0.39 is 20.9 Å². The maximum absolute atomic E-state index is 12.5. The van der Waals surface area contributed by atoms with Crippen LogP contribution in [0.4, 0.5) is 5.69 Å². The maximum atomic E-state index is 12.5. The van der Waals surface area contributed by atoms with Crippen LogP contribution in [0, 0.1) is 16.0 Å². The van der Waals surface area contributed by atoms with Crippen molar-refractivity contribution < 1.29 is 18.1 Å². The number of carbonyl (C=O) groups excluding carboxylic acids is 1. The molecule has 0 saturated heterocycles. The molecule has 0 aliphatic heterocycles. The lowest BCUT2D eigenvalue weighted by Crippen LogP contribution is -2.45. The molecule has 2 unspecified atom stereocenters. The smallest absolute Gasteiger partial charge is 0.270 e.